The molecule has 0 saturated carbocycles. The third kappa shape index (κ3) is 17.4. The van der Waals surface area contributed by atoms with Gasteiger partial charge in [-0.15, -0.1) is 19.8 Å². The molecule has 20 rings (SSSR count). The second-order valence-corrected chi connectivity index (χ2v) is 31.5. The molecule has 8 aliphatic heterocycles. The number of aromatic nitrogens is 21. The van der Waals surface area contributed by atoms with E-state index in [0.29, 0.717) is 77.9 Å². The molecule has 4 amide bonds. The van der Waals surface area contributed by atoms with Gasteiger partial charge in [0.1, 0.15) is 5.69 Å². The van der Waals surface area contributed by atoms with Crippen molar-refractivity contribution >= 4 is 23.6 Å². The first-order chi connectivity index (χ1) is 60.0. The lowest BCUT2D eigenvalue weighted by Crippen LogP contribution is -2.38. The van der Waals surface area contributed by atoms with Crippen LogP contribution in [0.1, 0.15) is 147 Å². The molecule has 8 fully saturated rings. The second kappa shape index (κ2) is 35.4. The number of rotatable bonds is 20. The molecule has 40 heteroatoms. The minimum absolute atomic E-state index is 0.0100. The van der Waals surface area contributed by atoms with Crippen LogP contribution in [0.25, 0.3) is 23.1 Å². The standard InChI is InChI=1S/2C21H20F3N7O2.C21H20FN5O2.C21H22N6O2/c1-12-2-4-15(18(27-12)30-9-8-26-29-30)19(32)31-14-3-5-16(31)13(10-14)11-33-20-25-7-6-17(28-20)21(22,23)24;1-12-2-4-15(18(28-12)31-26-8-9-27-31)19(32)30-14-3-5-16(30)13(10-14)11-33-20-25-7-6-17(29-20)21(22,23)24;22-17-5-3-4-16(20(17)27-24-10-11-25-27)21(28)26-15-7-8-18(26)14(12-15)13-29-19-6-1-2-9-23-19;1-14-5-7-17(20(24-14)26-11-10-23-25-26)21(28)27-16-6-8-18(27)15(12-16)13-29-19-4-2-3-9-22-19/h2*2,4,6-9,13-14,16H,3,5,10-11H2,1H3;1-6,9-11,14-15,18H,7-8,12-13H2;2-5,7,9-11,15-16,18H,6,8,12-13H2,1H3. The summed E-state index contributed by atoms with van der Waals surface area (Å²) in [5, 5.41) is 31.9. The van der Waals surface area contributed by atoms with Crippen LogP contribution in [-0.2, 0) is 12.4 Å². The topological polar surface area (TPSA) is 357 Å². The van der Waals surface area contributed by atoms with Crippen molar-refractivity contribution in [2.45, 2.75) is 159 Å². The number of pyridine rings is 5. The average Bonchev–Trinajstić information content (AvgIpc) is 1.60. The molecular formula is C84H82F7N25O8. The van der Waals surface area contributed by atoms with Crippen molar-refractivity contribution in [3.8, 4) is 46.9 Å². The number of fused-ring (bicyclic) bond motifs is 8. The van der Waals surface area contributed by atoms with E-state index in [1.165, 1.54) is 51.3 Å². The first-order valence-corrected chi connectivity index (χ1v) is 40.7. The van der Waals surface area contributed by atoms with E-state index in [1.54, 1.807) is 72.1 Å². The number of benzene rings is 1. The van der Waals surface area contributed by atoms with Crippen LogP contribution in [0.5, 0.6) is 23.8 Å². The van der Waals surface area contributed by atoms with Crippen LogP contribution >= 0.6 is 0 Å². The van der Waals surface area contributed by atoms with Crippen LogP contribution in [0.4, 0.5) is 30.7 Å². The molecule has 0 aliphatic carbocycles. The maximum atomic E-state index is 14.6. The maximum Gasteiger partial charge on any atom is 0.433 e. The summed E-state index contributed by atoms with van der Waals surface area (Å²) in [5.41, 5.74) is 1.96. The van der Waals surface area contributed by atoms with Crippen molar-refractivity contribution in [1.29, 1.82) is 0 Å². The Balaban J connectivity index is 0.000000117. The van der Waals surface area contributed by atoms with Crippen LogP contribution in [0.2, 0.25) is 0 Å². The van der Waals surface area contributed by atoms with E-state index in [2.05, 4.69) is 85.9 Å². The van der Waals surface area contributed by atoms with Gasteiger partial charge in [-0.2, -0.15) is 56.7 Å². The lowest BCUT2D eigenvalue weighted by molar-refractivity contribution is -0.142. The van der Waals surface area contributed by atoms with Crippen LogP contribution < -0.4 is 18.9 Å². The van der Waals surface area contributed by atoms with Crippen molar-refractivity contribution in [3.05, 3.63) is 234 Å². The Bertz CT molecular complexity index is 5570. The highest BCUT2D eigenvalue weighted by atomic mass is 19.4. The van der Waals surface area contributed by atoms with E-state index in [4.69, 9.17) is 18.9 Å². The Kier molecular flexibility index (Phi) is 23.6. The third-order valence-electron chi connectivity index (χ3n) is 23.9. The van der Waals surface area contributed by atoms with Crippen molar-refractivity contribution in [2.24, 2.45) is 23.7 Å². The first kappa shape index (κ1) is 82.6. The quantitative estimate of drug-likeness (QED) is 0.0640. The molecule has 12 aromatic rings. The normalized spacial score (nSPS) is 22.4. The zero-order chi connectivity index (χ0) is 85.9. The summed E-state index contributed by atoms with van der Waals surface area (Å²) in [4.78, 5) is 101. The molecule has 12 unspecified atom stereocenters. The Morgan fingerprint density at radius 2 is 0.742 bits per heavy atom. The Morgan fingerprint density at radius 1 is 0.371 bits per heavy atom. The van der Waals surface area contributed by atoms with Gasteiger partial charge in [0.25, 0.3) is 23.6 Å². The number of carbonyl (C=O) groups excluding carboxylic acids is 4. The monoisotopic (exact) mass is 1700 g/mol. The fourth-order valence-electron chi connectivity index (χ4n) is 18.6. The Hall–Kier alpha value is -13.7. The number of hydrogen-bond donors (Lipinski definition) is 0. The van der Waals surface area contributed by atoms with Crippen LogP contribution in [0, 0.1) is 50.3 Å². The van der Waals surface area contributed by atoms with Gasteiger partial charge in [0.2, 0.25) is 11.8 Å². The fraction of sp³-hybridized carbons (Fsp3) is 0.393. The molecule has 124 heavy (non-hydrogen) atoms. The molecule has 8 saturated heterocycles. The summed E-state index contributed by atoms with van der Waals surface area (Å²) in [5.74, 6) is 2.00. The van der Waals surface area contributed by atoms with Gasteiger partial charge in [0, 0.05) is 126 Å². The summed E-state index contributed by atoms with van der Waals surface area (Å²) in [6.07, 6.45) is 19.2. The van der Waals surface area contributed by atoms with E-state index in [1.807, 2.05) is 88.9 Å². The molecule has 640 valence electrons. The molecule has 12 atom stereocenters. The zero-order valence-corrected chi connectivity index (χ0v) is 67.1. The van der Waals surface area contributed by atoms with Crippen molar-refractivity contribution in [3.63, 3.8) is 0 Å². The van der Waals surface area contributed by atoms with E-state index in [-0.39, 0.29) is 126 Å². The molecule has 8 aliphatic rings. The maximum absolute atomic E-state index is 14.6. The zero-order valence-electron chi connectivity index (χ0n) is 67.1. The number of aryl methyl sites for hydroxylation is 3. The largest absolute Gasteiger partial charge is 0.477 e. The summed E-state index contributed by atoms with van der Waals surface area (Å²) < 4.78 is 118. The van der Waals surface area contributed by atoms with Gasteiger partial charge in [0.15, 0.2) is 34.7 Å². The predicted molar refractivity (Wildman–Crippen MR) is 422 cm³/mol. The van der Waals surface area contributed by atoms with Gasteiger partial charge in [-0.3, -0.25) is 19.2 Å². The highest BCUT2D eigenvalue weighted by Gasteiger charge is 2.54. The third-order valence-corrected chi connectivity index (χ3v) is 23.9. The fourth-order valence-corrected chi connectivity index (χ4v) is 18.6. The molecule has 11 aromatic heterocycles. The number of alkyl halides is 6. The number of hydrogen-bond acceptors (Lipinski definition) is 25. The lowest BCUT2D eigenvalue weighted by atomic mass is 9.90. The molecular weight excluding hydrogens is 1620 g/mol. The first-order valence-electron chi connectivity index (χ1n) is 40.7. The van der Waals surface area contributed by atoms with E-state index >= 15 is 0 Å². The summed E-state index contributed by atoms with van der Waals surface area (Å²) in [6.45, 7) is 6.91. The minimum atomic E-state index is -4.57. The number of halogens is 7. The number of nitrogens with zero attached hydrogens (tertiary/aromatic N) is 25. The Labute approximate surface area is 703 Å². The van der Waals surface area contributed by atoms with Crippen molar-refractivity contribution < 1.29 is 68.9 Å². The minimum Gasteiger partial charge on any atom is -0.477 e. The number of para-hydroxylation sites is 1. The van der Waals surface area contributed by atoms with Gasteiger partial charge in [0.05, 0.1) is 98.3 Å². The van der Waals surface area contributed by atoms with Gasteiger partial charge >= 0.3 is 24.4 Å². The molecule has 0 spiro atoms. The molecule has 0 radical (unpaired) electrons. The van der Waals surface area contributed by atoms with Gasteiger partial charge in [-0.05, 0) is 171 Å². The SMILES string of the molecule is Cc1ccc(C(=O)N2C3CCC2C(COc2ccccn2)C3)c(-n2ccnn2)n1.Cc1ccc(C(=O)N2C3CCC2C(COc2nccc(C(F)(F)F)n2)C3)c(-n2ccnn2)n1.Cc1ccc(C(=O)N2C3CCC2C(COc2nccc(C(F)(F)F)n2)C3)c(-n2nccn2)n1.O=C(c1cccc(F)c1-n1nccn1)N1C2CCC1C(COc1ccccn1)C2. The summed E-state index contributed by atoms with van der Waals surface area (Å²) in [7, 11) is 0. The van der Waals surface area contributed by atoms with Crippen LogP contribution in [-0.4, -0.2) is 223 Å². The number of ether oxygens (including phenoxy) is 4. The second-order valence-electron chi connectivity index (χ2n) is 31.5. The van der Waals surface area contributed by atoms with E-state index in [0.717, 1.165) is 106 Å². The summed E-state index contributed by atoms with van der Waals surface area (Å²) >= 11 is 0. The van der Waals surface area contributed by atoms with Gasteiger partial charge < -0.3 is 38.5 Å². The summed E-state index contributed by atoms with van der Waals surface area (Å²) in [6, 6.07) is 27.9. The smallest absolute Gasteiger partial charge is 0.433 e. The predicted octanol–water partition coefficient (Wildman–Crippen LogP) is 11.0. The van der Waals surface area contributed by atoms with Crippen molar-refractivity contribution in [1.82, 2.24) is 124 Å². The molecule has 1 aromatic carbocycles. The average molecular weight is 1700 g/mol. The number of amides is 4. The van der Waals surface area contributed by atoms with E-state index < -0.39 is 29.6 Å². The van der Waals surface area contributed by atoms with Gasteiger partial charge in [-0.25, -0.2) is 48.6 Å². The lowest BCUT2D eigenvalue weighted by Gasteiger charge is -2.25. The van der Waals surface area contributed by atoms with Crippen molar-refractivity contribution in [2.75, 3.05) is 26.4 Å². The van der Waals surface area contributed by atoms with Crippen LogP contribution in [0.3, 0.4) is 0 Å². The molecule has 33 nitrogen and oxygen atoms in total. The van der Waals surface area contributed by atoms with Gasteiger partial charge in [-0.1, -0.05) is 28.6 Å². The molecule has 8 bridgehead atoms. The molecule has 19 heterocycles. The highest BCUT2D eigenvalue weighted by molar-refractivity contribution is 6.00. The highest BCUT2D eigenvalue weighted by Crippen LogP contribution is 2.48. The number of carbonyl (C=O) groups is 4. The Morgan fingerprint density at radius 3 is 1.11 bits per heavy atom. The van der Waals surface area contributed by atoms with Crippen LogP contribution in [0.15, 0.2) is 177 Å². The molecule has 0 N–H and O–H groups in total. The van der Waals surface area contributed by atoms with E-state index in [9.17, 15) is 49.9 Å².